The topological polar surface area (TPSA) is 24.3 Å². The fourth-order valence-electron chi connectivity index (χ4n) is 3.91. The van der Waals surface area contributed by atoms with Crippen LogP contribution in [0.25, 0.3) is 0 Å². The van der Waals surface area contributed by atoms with Gasteiger partial charge in [0.1, 0.15) is 5.82 Å². The molecule has 0 N–H and O–H groups in total. The fraction of sp³-hybridized carbons (Fsp3) is 0.842. The van der Waals surface area contributed by atoms with Gasteiger partial charge in [-0.25, -0.2) is 4.98 Å². The van der Waals surface area contributed by atoms with Crippen LogP contribution in [-0.2, 0) is 13.1 Å². The molecule has 1 aromatic heterocycles. The summed E-state index contributed by atoms with van der Waals surface area (Å²) < 4.78 is 2.33. The summed E-state index contributed by atoms with van der Waals surface area (Å²) in [7, 11) is 0. The predicted octanol–water partition coefficient (Wildman–Crippen LogP) is 3.24. The summed E-state index contributed by atoms with van der Waals surface area (Å²) in [4.78, 5) is 10.1. The van der Waals surface area contributed by atoms with Gasteiger partial charge >= 0.3 is 0 Å². The number of hydrogen-bond donors (Lipinski definition) is 0. The van der Waals surface area contributed by atoms with Crippen LogP contribution in [0, 0.1) is 11.8 Å². The maximum Gasteiger partial charge on any atom is 0.122 e. The smallest absolute Gasteiger partial charge is 0.122 e. The average molecular weight is 319 g/mol. The molecule has 3 rings (SSSR count). The van der Waals surface area contributed by atoms with Gasteiger partial charge in [-0.2, -0.15) is 0 Å². The first-order chi connectivity index (χ1) is 11.2. The summed E-state index contributed by atoms with van der Waals surface area (Å²) in [6.07, 6.45) is 9.48. The van der Waals surface area contributed by atoms with Crippen molar-refractivity contribution in [1.82, 2.24) is 19.4 Å². The maximum atomic E-state index is 4.61. The van der Waals surface area contributed by atoms with Gasteiger partial charge < -0.3 is 4.57 Å². The number of imidazole rings is 1. The highest BCUT2D eigenvalue weighted by Crippen LogP contribution is 2.32. The van der Waals surface area contributed by atoms with E-state index < -0.39 is 0 Å². The first-order valence-electron chi connectivity index (χ1n) is 9.63. The third-order valence-electron chi connectivity index (χ3n) is 5.42. The molecular formula is C19H34N4. The Hall–Kier alpha value is -0.870. The van der Waals surface area contributed by atoms with E-state index in [9.17, 15) is 0 Å². The average Bonchev–Trinajstić information content (AvgIpc) is 3.26. The second-order valence-electron chi connectivity index (χ2n) is 7.88. The van der Waals surface area contributed by atoms with Gasteiger partial charge in [-0.3, -0.25) is 9.80 Å². The van der Waals surface area contributed by atoms with Gasteiger partial charge in [-0.05, 0) is 50.6 Å². The second kappa shape index (κ2) is 7.80. The minimum absolute atomic E-state index is 0.702. The second-order valence-corrected chi connectivity index (χ2v) is 7.88. The normalized spacial score (nSPS) is 24.3. The van der Waals surface area contributed by atoms with Gasteiger partial charge in [-0.1, -0.05) is 20.8 Å². The van der Waals surface area contributed by atoms with Crippen LogP contribution < -0.4 is 0 Å². The van der Waals surface area contributed by atoms with Crippen molar-refractivity contribution in [2.45, 2.75) is 65.6 Å². The van der Waals surface area contributed by atoms with Gasteiger partial charge in [-0.15, -0.1) is 0 Å². The number of nitrogens with zero attached hydrogens (tertiary/aromatic N) is 4. The molecule has 1 saturated carbocycles. The number of aryl methyl sites for hydroxylation is 1. The zero-order valence-electron chi connectivity index (χ0n) is 15.2. The monoisotopic (exact) mass is 318 g/mol. The van der Waals surface area contributed by atoms with Crippen LogP contribution in [0.2, 0.25) is 0 Å². The van der Waals surface area contributed by atoms with E-state index in [2.05, 4.69) is 46.3 Å². The Labute approximate surface area is 141 Å². The van der Waals surface area contributed by atoms with E-state index in [0.29, 0.717) is 6.04 Å². The van der Waals surface area contributed by atoms with Crippen molar-refractivity contribution in [1.29, 1.82) is 0 Å². The molecule has 4 nitrogen and oxygen atoms in total. The number of aromatic nitrogens is 2. The zero-order chi connectivity index (χ0) is 16.2. The van der Waals surface area contributed by atoms with Crippen LogP contribution in [0.5, 0.6) is 0 Å². The Morgan fingerprint density at radius 1 is 1.26 bits per heavy atom. The summed E-state index contributed by atoms with van der Waals surface area (Å²) >= 11 is 0. The van der Waals surface area contributed by atoms with Crippen molar-refractivity contribution in [3.63, 3.8) is 0 Å². The number of rotatable bonds is 7. The van der Waals surface area contributed by atoms with Crippen molar-refractivity contribution in [3.8, 4) is 0 Å². The summed E-state index contributed by atoms with van der Waals surface area (Å²) in [5.41, 5.74) is 0. The van der Waals surface area contributed by atoms with Gasteiger partial charge in [0.2, 0.25) is 0 Å². The SMILES string of the molecule is CCCn1ccnc1CN1CCCN(CC2CC2)[C@H](C(C)C)C1. The molecule has 0 unspecified atom stereocenters. The molecule has 23 heavy (non-hydrogen) atoms. The molecule has 0 radical (unpaired) electrons. The van der Waals surface area contributed by atoms with Crippen LogP contribution in [-0.4, -0.2) is 51.6 Å². The number of hydrogen-bond acceptors (Lipinski definition) is 3. The van der Waals surface area contributed by atoms with Gasteiger partial charge in [0.05, 0.1) is 6.54 Å². The minimum atomic E-state index is 0.702. The summed E-state index contributed by atoms with van der Waals surface area (Å²) in [6, 6.07) is 0.702. The molecule has 2 fully saturated rings. The highest BCUT2D eigenvalue weighted by Gasteiger charge is 2.32. The summed E-state index contributed by atoms with van der Waals surface area (Å²) in [6.45, 7) is 14.1. The lowest BCUT2D eigenvalue weighted by atomic mass is 10.0. The Morgan fingerprint density at radius 3 is 2.78 bits per heavy atom. The van der Waals surface area contributed by atoms with Crippen LogP contribution in [0.3, 0.4) is 0 Å². The molecule has 4 heteroatoms. The third kappa shape index (κ3) is 4.57. The van der Waals surface area contributed by atoms with Crippen LogP contribution in [0.4, 0.5) is 0 Å². The summed E-state index contributed by atoms with van der Waals surface area (Å²) in [5.74, 6) is 2.96. The molecule has 1 aromatic rings. The van der Waals surface area contributed by atoms with E-state index in [-0.39, 0.29) is 0 Å². The van der Waals surface area contributed by atoms with E-state index in [1.54, 1.807) is 0 Å². The largest absolute Gasteiger partial charge is 0.334 e. The van der Waals surface area contributed by atoms with Crippen molar-refractivity contribution in [2.24, 2.45) is 11.8 Å². The van der Waals surface area contributed by atoms with Gasteiger partial charge in [0.15, 0.2) is 0 Å². The molecule has 2 heterocycles. The molecule has 1 saturated heterocycles. The van der Waals surface area contributed by atoms with Crippen LogP contribution >= 0.6 is 0 Å². The zero-order valence-corrected chi connectivity index (χ0v) is 15.2. The van der Waals surface area contributed by atoms with Crippen molar-refractivity contribution in [2.75, 3.05) is 26.2 Å². The van der Waals surface area contributed by atoms with E-state index in [1.807, 2.05) is 6.20 Å². The van der Waals surface area contributed by atoms with E-state index in [1.165, 1.54) is 57.7 Å². The molecule has 1 aliphatic heterocycles. The van der Waals surface area contributed by atoms with E-state index in [4.69, 9.17) is 0 Å². The lowest BCUT2D eigenvalue weighted by Crippen LogP contribution is -2.45. The molecule has 0 bridgehead atoms. The standard InChI is InChI=1S/C19H34N4/c1-4-9-22-12-8-20-19(22)15-21-10-5-11-23(13-17-6-7-17)18(14-21)16(2)3/h8,12,16-18H,4-7,9-11,13-15H2,1-3H3/t18-/m0/s1. The molecule has 2 aliphatic rings. The molecular weight excluding hydrogens is 284 g/mol. The quantitative estimate of drug-likeness (QED) is 0.771. The van der Waals surface area contributed by atoms with Crippen molar-refractivity contribution in [3.05, 3.63) is 18.2 Å². The lowest BCUT2D eigenvalue weighted by Gasteiger charge is -2.34. The van der Waals surface area contributed by atoms with E-state index in [0.717, 1.165) is 24.9 Å². The molecule has 0 amide bonds. The minimum Gasteiger partial charge on any atom is -0.334 e. The Morgan fingerprint density at radius 2 is 2.09 bits per heavy atom. The van der Waals surface area contributed by atoms with Gasteiger partial charge in [0.25, 0.3) is 0 Å². The van der Waals surface area contributed by atoms with E-state index >= 15 is 0 Å². The van der Waals surface area contributed by atoms with Crippen molar-refractivity contribution >= 4 is 0 Å². The molecule has 1 aliphatic carbocycles. The first-order valence-corrected chi connectivity index (χ1v) is 9.63. The lowest BCUT2D eigenvalue weighted by molar-refractivity contribution is 0.130. The van der Waals surface area contributed by atoms with Crippen LogP contribution in [0.15, 0.2) is 12.4 Å². The Balaban J connectivity index is 1.64. The van der Waals surface area contributed by atoms with Gasteiger partial charge in [0, 0.05) is 38.1 Å². The summed E-state index contributed by atoms with van der Waals surface area (Å²) in [5, 5.41) is 0. The van der Waals surface area contributed by atoms with Crippen molar-refractivity contribution < 1.29 is 0 Å². The molecule has 0 aromatic carbocycles. The Bertz CT molecular complexity index is 477. The molecule has 130 valence electrons. The molecule has 0 spiro atoms. The maximum absolute atomic E-state index is 4.61. The Kier molecular flexibility index (Phi) is 5.76. The molecule has 1 atom stereocenters. The third-order valence-corrected chi connectivity index (χ3v) is 5.42. The van der Waals surface area contributed by atoms with Crippen LogP contribution in [0.1, 0.15) is 52.3 Å². The highest BCUT2D eigenvalue weighted by atomic mass is 15.3. The highest BCUT2D eigenvalue weighted by molar-refractivity contribution is 4.94. The predicted molar refractivity (Wildman–Crippen MR) is 95.3 cm³/mol. The fourth-order valence-corrected chi connectivity index (χ4v) is 3.91. The first kappa shape index (κ1) is 17.0.